The van der Waals surface area contributed by atoms with Crippen molar-refractivity contribution in [3.8, 4) is 5.75 Å². The van der Waals surface area contributed by atoms with E-state index < -0.39 is 47.5 Å². The van der Waals surface area contributed by atoms with E-state index in [4.69, 9.17) is 9.47 Å². The molecule has 194 valence electrons. The normalized spacial score (nSPS) is 14.7. The Hall–Kier alpha value is -3.56. The SMILES string of the molecule is CC(C)(C)OC(=O)Nc1cc(CC(NC(=O)C2CCCC2)C(=O)COc2c(F)cccc2F)ccn1. The molecule has 0 saturated heterocycles. The summed E-state index contributed by atoms with van der Waals surface area (Å²) < 4.78 is 38.2. The molecule has 1 aliphatic rings. The second kappa shape index (κ2) is 11.9. The van der Waals surface area contributed by atoms with Gasteiger partial charge in [0.15, 0.2) is 23.2 Å². The second-order valence-corrected chi connectivity index (χ2v) is 9.73. The van der Waals surface area contributed by atoms with E-state index in [0.717, 1.165) is 37.8 Å². The zero-order chi connectivity index (χ0) is 26.3. The molecule has 1 aromatic heterocycles. The number of ketones is 1. The number of halogens is 2. The van der Waals surface area contributed by atoms with Gasteiger partial charge in [-0.15, -0.1) is 0 Å². The maximum absolute atomic E-state index is 13.9. The quantitative estimate of drug-likeness (QED) is 0.519. The first-order chi connectivity index (χ1) is 17.0. The van der Waals surface area contributed by atoms with Crippen LogP contribution in [0.4, 0.5) is 19.4 Å². The lowest BCUT2D eigenvalue weighted by molar-refractivity contribution is -0.131. The molecular weight excluding hydrogens is 472 g/mol. The number of nitrogens with zero attached hydrogens (tertiary/aromatic N) is 1. The van der Waals surface area contributed by atoms with Crippen molar-refractivity contribution in [3.05, 3.63) is 53.7 Å². The minimum Gasteiger partial charge on any atom is -0.480 e. The third-order valence-corrected chi connectivity index (χ3v) is 5.60. The Morgan fingerprint density at radius 2 is 1.78 bits per heavy atom. The molecule has 2 aromatic rings. The van der Waals surface area contributed by atoms with Gasteiger partial charge in [-0.1, -0.05) is 18.9 Å². The molecule has 1 fully saturated rings. The molecule has 2 N–H and O–H groups in total. The van der Waals surface area contributed by atoms with E-state index in [1.807, 2.05) is 0 Å². The van der Waals surface area contributed by atoms with Crippen molar-refractivity contribution >= 4 is 23.6 Å². The highest BCUT2D eigenvalue weighted by molar-refractivity contribution is 5.91. The summed E-state index contributed by atoms with van der Waals surface area (Å²) in [5.74, 6) is -3.29. The highest BCUT2D eigenvalue weighted by atomic mass is 19.1. The standard InChI is InChI=1S/C26H31F2N3O5/c1-26(2,3)36-25(34)31-22-14-16(11-12-29-22)13-20(30-24(33)17-7-4-5-8-17)21(32)15-35-23-18(27)9-6-10-19(23)28/h6,9-12,14,17,20H,4-5,7-8,13,15H2,1-3H3,(H,30,33)(H,29,31,34). The monoisotopic (exact) mass is 503 g/mol. The minimum atomic E-state index is -1.01. The zero-order valence-corrected chi connectivity index (χ0v) is 20.6. The first kappa shape index (κ1) is 27.0. The number of anilines is 1. The zero-order valence-electron chi connectivity index (χ0n) is 20.6. The summed E-state index contributed by atoms with van der Waals surface area (Å²) in [7, 11) is 0. The Morgan fingerprint density at radius 1 is 1.11 bits per heavy atom. The molecule has 0 aliphatic heterocycles. The third-order valence-electron chi connectivity index (χ3n) is 5.60. The van der Waals surface area contributed by atoms with Gasteiger partial charge in [-0.3, -0.25) is 14.9 Å². The predicted octanol–water partition coefficient (Wildman–Crippen LogP) is 4.57. The van der Waals surface area contributed by atoms with Crippen molar-refractivity contribution in [2.24, 2.45) is 5.92 Å². The number of benzene rings is 1. The van der Waals surface area contributed by atoms with E-state index in [0.29, 0.717) is 5.56 Å². The summed E-state index contributed by atoms with van der Waals surface area (Å²) in [4.78, 5) is 42.0. The van der Waals surface area contributed by atoms with Gasteiger partial charge in [-0.2, -0.15) is 0 Å². The van der Waals surface area contributed by atoms with Crippen LogP contribution in [-0.2, 0) is 20.7 Å². The Morgan fingerprint density at radius 3 is 2.42 bits per heavy atom. The Kier molecular flexibility index (Phi) is 8.95. The highest BCUT2D eigenvalue weighted by Gasteiger charge is 2.28. The number of hydrogen-bond acceptors (Lipinski definition) is 6. The van der Waals surface area contributed by atoms with Crippen LogP contribution in [0.5, 0.6) is 5.75 Å². The fourth-order valence-corrected chi connectivity index (χ4v) is 3.90. The van der Waals surface area contributed by atoms with Crippen molar-refractivity contribution in [1.82, 2.24) is 10.3 Å². The molecule has 0 bridgehead atoms. The topological polar surface area (TPSA) is 107 Å². The van der Waals surface area contributed by atoms with E-state index in [1.165, 1.54) is 12.3 Å². The van der Waals surface area contributed by atoms with Gasteiger partial charge >= 0.3 is 6.09 Å². The van der Waals surface area contributed by atoms with Crippen molar-refractivity contribution in [3.63, 3.8) is 0 Å². The summed E-state index contributed by atoms with van der Waals surface area (Å²) in [6, 6.07) is 5.43. The summed E-state index contributed by atoms with van der Waals surface area (Å²) in [5, 5.41) is 5.31. The van der Waals surface area contributed by atoms with Crippen molar-refractivity contribution in [2.45, 2.75) is 64.5 Å². The van der Waals surface area contributed by atoms with Crippen LogP contribution in [0.25, 0.3) is 0 Å². The van der Waals surface area contributed by atoms with Crippen LogP contribution in [0.3, 0.4) is 0 Å². The molecule has 1 unspecified atom stereocenters. The summed E-state index contributed by atoms with van der Waals surface area (Å²) in [5.41, 5.74) is -0.0975. The molecule has 3 rings (SSSR count). The van der Waals surface area contributed by atoms with Gasteiger partial charge in [-0.05, 0) is 63.4 Å². The number of rotatable bonds is 9. The molecule has 0 radical (unpaired) electrons. The molecule has 1 aliphatic carbocycles. The van der Waals surface area contributed by atoms with Gasteiger partial charge in [-0.25, -0.2) is 18.6 Å². The summed E-state index contributed by atoms with van der Waals surface area (Å²) >= 11 is 0. The number of carbonyl (C=O) groups is 3. The lowest BCUT2D eigenvalue weighted by Gasteiger charge is -2.21. The molecule has 10 heteroatoms. The smallest absolute Gasteiger partial charge is 0.413 e. The summed E-state index contributed by atoms with van der Waals surface area (Å²) in [6.45, 7) is 4.56. The van der Waals surface area contributed by atoms with E-state index >= 15 is 0 Å². The van der Waals surface area contributed by atoms with Gasteiger partial charge in [0.25, 0.3) is 0 Å². The molecule has 2 amide bonds. The van der Waals surface area contributed by atoms with Crippen molar-refractivity contribution < 1.29 is 32.6 Å². The molecule has 1 saturated carbocycles. The minimum absolute atomic E-state index is 0.0614. The number of Topliss-reactive ketones (excluding diaryl/α,β-unsaturated/α-hetero) is 1. The molecule has 1 aromatic carbocycles. The van der Waals surface area contributed by atoms with E-state index in [-0.39, 0.29) is 24.1 Å². The largest absolute Gasteiger partial charge is 0.480 e. The first-order valence-electron chi connectivity index (χ1n) is 11.9. The predicted molar refractivity (Wildman–Crippen MR) is 129 cm³/mol. The molecular formula is C26H31F2N3O5. The Bertz CT molecular complexity index is 1080. The number of pyridine rings is 1. The van der Waals surface area contributed by atoms with Crippen LogP contribution in [0.2, 0.25) is 0 Å². The third kappa shape index (κ3) is 8.00. The lowest BCUT2D eigenvalue weighted by atomic mass is 10.0. The number of ether oxygens (including phenoxy) is 2. The van der Waals surface area contributed by atoms with Gasteiger partial charge < -0.3 is 14.8 Å². The number of aromatic nitrogens is 1. The molecule has 0 spiro atoms. The van der Waals surface area contributed by atoms with Gasteiger partial charge in [0.05, 0.1) is 6.04 Å². The average molecular weight is 504 g/mol. The number of carbonyl (C=O) groups excluding carboxylic acids is 3. The fourth-order valence-electron chi connectivity index (χ4n) is 3.90. The first-order valence-corrected chi connectivity index (χ1v) is 11.9. The van der Waals surface area contributed by atoms with Crippen LogP contribution in [0.15, 0.2) is 36.5 Å². The molecule has 36 heavy (non-hydrogen) atoms. The fraction of sp³-hybridized carbons (Fsp3) is 0.462. The second-order valence-electron chi connectivity index (χ2n) is 9.73. The van der Waals surface area contributed by atoms with Gasteiger partial charge in [0.1, 0.15) is 18.0 Å². The van der Waals surface area contributed by atoms with E-state index in [2.05, 4.69) is 15.6 Å². The van der Waals surface area contributed by atoms with Crippen LogP contribution >= 0.6 is 0 Å². The van der Waals surface area contributed by atoms with Crippen molar-refractivity contribution in [2.75, 3.05) is 11.9 Å². The number of nitrogens with one attached hydrogen (secondary N) is 2. The number of hydrogen-bond donors (Lipinski definition) is 2. The van der Waals surface area contributed by atoms with Gasteiger partial charge in [0, 0.05) is 18.5 Å². The Balaban J connectivity index is 1.73. The highest BCUT2D eigenvalue weighted by Crippen LogP contribution is 2.25. The maximum atomic E-state index is 13.9. The molecule has 1 heterocycles. The van der Waals surface area contributed by atoms with Crippen molar-refractivity contribution in [1.29, 1.82) is 0 Å². The number of para-hydroxylation sites is 1. The molecule has 8 nitrogen and oxygen atoms in total. The van der Waals surface area contributed by atoms with E-state index in [1.54, 1.807) is 32.9 Å². The average Bonchev–Trinajstić information content (AvgIpc) is 3.32. The van der Waals surface area contributed by atoms with Crippen LogP contribution in [-0.4, -0.2) is 41.0 Å². The Labute approximate surface area is 208 Å². The van der Waals surface area contributed by atoms with Crippen LogP contribution in [0.1, 0.15) is 52.0 Å². The lowest BCUT2D eigenvalue weighted by Crippen LogP contribution is -2.46. The molecule has 1 atom stereocenters. The van der Waals surface area contributed by atoms with Crippen LogP contribution < -0.4 is 15.4 Å². The maximum Gasteiger partial charge on any atom is 0.413 e. The number of amides is 2. The van der Waals surface area contributed by atoms with Gasteiger partial charge in [0.2, 0.25) is 5.91 Å². The van der Waals surface area contributed by atoms with E-state index in [9.17, 15) is 23.2 Å². The summed E-state index contributed by atoms with van der Waals surface area (Å²) in [6.07, 6.45) is 4.19. The van der Waals surface area contributed by atoms with Crippen LogP contribution in [0, 0.1) is 17.6 Å².